The molecule has 3 aliphatic rings. The van der Waals surface area contributed by atoms with Gasteiger partial charge in [0.25, 0.3) is 5.91 Å². The number of methoxy groups -OCH3 is 2. The molecule has 5 atom stereocenters. The number of likely N-dealkylation sites (tertiary alicyclic amines) is 2. The number of hydrogen-bond acceptors (Lipinski definition) is 8. The fraction of sp³-hybridized carbons (Fsp3) is 0.304. The lowest BCUT2D eigenvalue weighted by atomic mass is 9.96. The molecule has 0 radical (unpaired) electrons. The first kappa shape index (κ1) is 38.6. The molecule has 9 rings (SSSR count). The molecule has 6 aromatic rings. The van der Waals surface area contributed by atoms with Crippen molar-refractivity contribution in [2.24, 2.45) is 5.92 Å². The smallest absolute Gasteiger partial charge is 0.407 e. The summed E-state index contributed by atoms with van der Waals surface area (Å²) in [5, 5.41) is 7.44. The molecular formula is C46H46N8O6. The number of benzene rings is 4. The van der Waals surface area contributed by atoms with Gasteiger partial charge in [0.1, 0.15) is 24.2 Å². The summed E-state index contributed by atoms with van der Waals surface area (Å²) in [5.41, 5.74) is 6.59. The number of nitrogens with one attached hydrogen (secondary N) is 4. The number of H-pyrrole nitrogens is 2. The zero-order valence-corrected chi connectivity index (χ0v) is 33.4. The van der Waals surface area contributed by atoms with Gasteiger partial charge in [-0.25, -0.2) is 19.6 Å². The number of ether oxygens (including phenoxy) is 2. The Labute approximate surface area is 346 Å². The van der Waals surface area contributed by atoms with E-state index in [9.17, 15) is 19.2 Å². The maximum atomic E-state index is 14.3. The van der Waals surface area contributed by atoms with E-state index in [0.717, 1.165) is 88.2 Å². The maximum Gasteiger partial charge on any atom is 0.407 e. The van der Waals surface area contributed by atoms with E-state index in [2.05, 4.69) is 91.0 Å². The predicted octanol–water partition coefficient (Wildman–Crippen LogP) is 7.46. The van der Waals surface area contributed by atoms with Gasteiger partial charge in [0.15, 0.2) is 0 Å². The van der Waals surface area contributed by atoms with Gasteiger partial charge < -0.3 is 39.9 Å². The van der Waals surface area contributed by atoms with Gasteiger partial charge in [-0.05, 0) is 83.2 Å². The first-order chi connectivity index (χ1) is 29.3. The fourth-order valence-electron chi connectivity index (χ4n) is 9.31. The van der Waals surface area contributed by atoms with E-state index in [4.69, 9.17) is 9.72 Å². The van der Waals surface area contributed by atoms with Gasteiger partial charge in [0, 0.05) is 18.2 Å². The number of aromatic amines is 2. The number of aromatic nitrogens is 4. The van der Waals surface area contributed by atoms with Gasteiger partial charge >= 0.3 is 12.2 Å². The minimum atomic E-state index is -0.873. The lowest BCUT2D eigenvalue weighted by Crippen LogP contribution is -2.47. The van der Waals surface area contributed by atoms with Crippen LogP contribution in [-0.2, 0) is 19.1 Å². The number of fused-ring (bicyclic) bond motifs is 3. The van der Waals surface area contributed by atoms with Gasteiger partial charge in [-0.1, -0.05) is 78.9 Å². The zero-order chi connectivity index (χ0) is 41.3. The molecule has 14 nitrogen and oxygen atoms in total. The van der Waals surface area contributed by atoms with Crippen LogP contribution in [0.15, 0.2) is 103 Å². The number of nitrogens with zero attached hydrogens (tertiary/aromatic N) is 4. The molecule has 60 heavy (non-hydrogen) atoms. The summed E-state index contributed by atoms with van der Waals surface area (Å²) < 4.78 is 9.48. The molecule has 3 fully saturated rings. The van der Waals surface area contributed by atoms with Crippen molar-refractivity contribution in [2.75, 3.05) is 27.3 Å². The number of alkyl carbamates (subject to hydrolysis) is 2. The Morgan fingerprint density at radius 2 is 1.40 bits per heavy atom. The summed E-state index contributed by atoms with van der Waals surface area (Å²) in [6, 6.07) is 29.2. The second-order valence-electron chi connectivity index (χ2n) is 15.7. The molecule has 306 valence electrons. The highest BCUT2D eigenvalue weighted by atomic mass is 16.5. The minimum absolute atomic E-state index is 0.0781. The lowest BCUT2D eigenvalue weighted by molar-refractivity contribution is -0.138. The van der Waals surface area contributed by atoms with Crippen LogP contribution in [0.3, 0.4) is 0 Å². The molecule has 2 aromatic heterocycles. The highest BCUT2D eigenvalue weighted by molar-refractivity contribution is 5.91. The lowest BCUT2D eigenvalue weighted by Gasteiger charge is -2.36. The van der Waals surface area contributed by atoms with Crippen LogP contribution in [0.5, 0.6) is 0 Å². The number of rotatable bonds is 10. The number of piperidine rings is 1. The highest BCUT2D eigenvalue weighted by Crippen LogP contribution is 2.50. The van der Waals surface area contributed by atoms with E-state index in [1.807, 2.05) is 47.6 Å². The van der Waals surface area contributed by atoms with Crippen LogP contribution < -0.4 is 10.6 Å². The summed E-state index contributed by atoms with van der Waals surface area (Å²) >= 11 is 0. The first-order valence-electron chi connectivity index (χ1n) is 20.4. The average Bonchev–Trinajstić information content (AvgIpc) is 4.16. The van der Waals surface area contributed by atoms with Gasteiger partial charge in [0.2, 0.25) is 5.91 Å². The molecular weight excluding hydrogens is 761 g/mol. The summed E-state index contributed by atoms with van der Waals surface area (Å²) in [4.78, 5) is 71.1. The Hall–Kier alpha value is -6.96. The normalized spacial score (nSPS) is 20.0. The largest absolute Gasteiger partial charge is 0.453 e. The van der Waals surface area contributed by atoms with Gasteiger partial charge in [0.05, 0.1) is 50.1 Å². The molecule has 2 saturated heterocycles. The quantitative estimate of drug-likeness (QED) is 0.110. The van der Waals surface area contributed by atoms with Crippen LogP contribution in [0, 0.1) is 5.92 Å². The second-order valence-corrected chi connectivity index (χ2v) is 15.7. The van der Waals surface area contributed by atoms with Crippen molar-refractivity contribution < 1.29 is 28.7 Å². The number of hydrogen-bond donors (Lipinski definition) is 4. The van der Waals surface area contributed by atoms with Crippen LogP contribution in [0.4, 0.5) is 9.59 Å². The van der Waals surface area contributed by atoms with Crippen LogP contribution in [-0.4, -0.2) is 87.1 Å². The van der Waals surface area contributed by atoms with E-state index in [0.29, 0.717) is 12.1 Å². The van der Waals surface area contributed by atoms with Crippen molar-refractivity contribution in [2.45, 2.75) is 56.3 Å². The van der Waals surface area contributed by atoms with E-state index in [-0.39, 0.29) is 42.4 Å². The SMILES string of the molecule is COC(=O)NCC(=O)N1CCC[C@H]1c1ncc(-c2ccc3cc(-c4ccc(-c5cnc([C@@H]6[C@@H]7CC[C@@H](C7)N6C(=O)[C@H](NC(=O)OC)c6ccccc6)[nH]5)cc4)ccc3c2)[nH]1. The summed E-state index contributed by atoms with van der Waals surface area (Å²) in [7, 11) is 2.57. The predicted molar refractivity (Wildman–Crippen MR) is 224 cm³/mol. The number of carbonyl (C=O) groups excluding carboxylic acids is 4. The molecule has 0 unspecified atom stereocenters. The molecule has 4 N–H and O–H groups in total. The van der Waals surface area contributed by atoms with Gasteiger partial charge in [-0.3, -0.25) is 9.59 Å². The van der Waals surface area contributed by atoms with Crippen molar-refractivity contribution in [1.29, 1.82) is 0 Å². The van der Waals surface area contributed by atoms with Crippen LogP contribution in [0.1, 0.15) is 67.4 Å². The van der Waals surface area contributed by atoms with E-state index < -0.39 is 18.2 Å². The van der Waals surface area contributed by atoms with Crippen LogP contribution >= 0.6 is 0 Å². The van der Waals surface area contributed by atoms with Crippen LogP contribution in [0.25, 0.3) is 44.4 Å². The second kappa shape index (κ2) is 16.4. The molecule has 2 bridgehead atoms. The molecule has 1 saturated carbocycles. The summed E-state index contributed by atoms with van der Waals surface area (Å²) in [6.07, 6.45) is 6.85. The zero-order valence-electron chi connectivity index (χ0n) is 33.4. The van der Waals surface area contributed by atoms with Crippen molar-refractivity contribution >= 4 is 34.8 Å². The Morgan fingerprint density at radius 3 is 2.15 bits per heavy atom. The molecule has 4 amide bonds. The number of imidazole rings is 2. The third kappa shape index (κ3) is 7.44. The molecule has 1 aliphatic carbocycles. The molecule has 4 heterocycles. The molecule has 2 aliphatic heterocycles. The van der Waals surface area contributed by atoms with Gasteiger partial charge in [-0.2, -0.15) is 0 Å². The molecule has 4 aromatic carbocycles. The van der Waals surface area contributed by atoms with E-state index in [1.165, 1.54) is 14.2 Å². The summed E-state index contributed by atoms with van der Waals surface area (Å²) in [5.74, 6) is 1.41. The molecule has 0 spiro atoms. The van der Waals surface area contributed by atoms with Crippen molar-refractivity contribution in [3.63, 3.8) is 0 Å². The van der Waals surface area contributed by atoms with Crippen molar-refractivity contribution in [3.8, 4) is 33.6 Å². The topological polar surface area (TPSA) is 175 Å². The fourth-order valence-corrected chi connectivity index (χ4v) is 9.31. The Bertz CT molecular complexity index is 2550. The summed E-state index contributed by atoms with van der Waals surface area (Å²) in [6.45, 7) is 0.480. The monoisotopic (exact) mass is 806 g/mol. The third-order valence-corrected chi connectivity index (χ3v) is 12.3. The van der Waals surface area contributed by atoms with Crippen LogP contribution in [0.2, 0.25) is 0 Å². The standard InChI is InChI=1S/C46H46N8O6/c1-59-45(57)49-26-39(55)53-20-6-9-38(53)42-47-25-37(50-42)33-17-16-31-21-30(14-15-32(31)22-33)27-10-12-28(13-11-27)36-24-48-43(51-36)41-34-18-19-35(23-34)54(41)44(56)40(52-46(58)60-2)29-7-4-3-5-8-29/h3-5,7-8,10-17,21-22,24-25,34-35,38,40-41H,6,9,18-20,23,26H2,1-2H3,(H,47,50)(H,48,51)(H,49,57)(H,52,58)/t34-,35+,38+,40-,41+/m1/s1. The molecule has 14 heteroatoms. The first-order valence-corrected chi connectivity index (χ1v) is 20.4. The average molecular weight is 807 g/mol. The number of carbonyl (C=O) groups is 4. The Kier molecular flexibility index (Phi) is 10.5. The van der Waals surface area contributed by atoms with Crippen molar-refractivity contribution in [1.82, 2.24) is 40.4 Å². The van der Waals surface area contributed by atoms with E-state index in [1.54, 1.807) is 4.90 Å². The Balaban J connectivity index is 0.889. The Morgan fingerprint density at radius 1 is 0.750 bits per heavy atom. The number of amides is 4. The van der Waals surface area contributed by atoms with Gasteiger partial charge in [-0.15, -0.1) is 0 Å². The van der Waals surface area contributed by atoms with Crippen molar-refractivity contribution in [3.05, 3.63) is 121 Å². The maximum absolute atomic E-state index is 14.3. The minimum Gasteiger partial charge on any atom is -0.453 e. The third-order valence-electron chi connectivity index (χ3n) is 12.3. The van der Waals surface area contributed by atoms with E-state index >= 15 is 0 Å². The highest BCUT2D eigenvalue weighted by Gasteiger charge is 2.51.